The van der Waals surface area contributed by atoms with Crippen LogP contribution in [0.5, 0.6) is 0 Å². The van der Waals surface area contributed by atoms with Gasteiger partial charge in [0.2, 0.25) is 5.91 Å². The number of carbonyl (C=O) groups excluding carboxylic acids is 1. The lowest BCUT2D eigenvalue weighted by atomic mass is 10.2. The Bertz CT molecular complexity index is 403. The van der Waals surface area contributed by atoms with E-state index < -0.39 is 0 Å². The predicted octanol–water partition coefficient (Wildman–Crippen LogP) is 1.95. The Morgan fingerprint density at radius 3 is 2.67 bits per heavy atom. The summed E-state index contributed by atoms with van der Waals surface area (Å²) >= 11 is 0. The Balaban J connectivity index is 2.53. The molecule has 0 spiro atoms. The maximum atomic E-state index is 12.8. The van der Waals surface area contributed by atoms with Gasteiger partial charge in [0.25, 0.3) is 0 Å². The quantitative estimate of drug-likeness (QED) is 0.783. The molecule has 0 aliphatic heterocycles. The molecule has 1 N–H and O–H groups in total. The van der Waals surface area contributed by atoms with Crippen molar-refractivity contribution in [1.82, 2.24) is 10.2 Å². The molecule has 0 aromatic heterocycles. The molecule has 0 fully saturated rings. The van der Waals surface area contributed by atoms with Crippen molar-refractivity contribution in [1.29, 1.82) is 0 Å². The summed E-state index contributed by atoms with van der Waals surface area (Å²) in [5.74, 6) is -0.294. The second-order valence-corrected chi connectivity index (χ2v) is 4.25. The zero-order chi connectivity index (χ0) is 13.5. The summed E-state index contributed by atoms with van der Waals surface area (Å²) in [6, 6.07) is 6.05. The number of likely N-dealkylation sites (N-methyl/N-ethyl adjacent to an activating group) is 1. The fourth-order valence-corrected chi connectivity index (χ4v) is 1.54. The van der Waals surface area contributed by atoms with Crippen LogP contribution in [0.4, 0.5) is 4.39 Å². The van der Waals surface area contributed by atoms with Gasteiger partial charge in [-0.1, -0.05) is 18.2 Å². The van der Waals surface area contributed by atoms with E-state index in [1.807, 2.05) is 18.9 Å². The average Bonchev–Trinajstić information content (AvgIpc) is 2.37. The first-order chi connectivity index (χ1) is 8.54. The molecule has 0 saturated carbocycles. The highest BCUT2D eigenvalue weighted by Gasteiger charge is 2.17. The summed E-state index contributed by atoms with van der Waals surface area (Å²) in [4.78, 5) is 13.6. The van der Waals surface area contributed by atoms with Gasteiger partial charge in [-0.05, 0) is 31.7 Å². The smallest absolute Gasteiger partial charge is 0.237 e. The van der Waals surface area contributed by atoms with Gasteiger partial charge >= 0.3 is 0 Å². The van der Waals surface area contributed by atoms with E-state index in [0.29, 0.717) is 13.1 Å². The van der Waals surface area contributed by atoms with E-state index in [0.717, 1.165) is 5.56 Å². The van der Waals surface area contributed by atoms with Crippen LogP contribution < -0.4 is 5.32 Å². The van der Waals surface area contributed by atoms with E-state index in [1.165, 1.54) is 12.1 Å². The summed E-state index contributed by atoms with van der Waals surface area (Å²) in [5.41, 5.74) is 0.974. The first kappa shape index (κ1) is 14.4. The minimum Gasteiger partial charge on any atom is -0.351 e. The van der Waals surface area contributed by atoms with Gasteiger partial charge in [0.05, 0.1) is 6.04 Å². The van der Waals surface area contributed by atoms with Gasteiger partial charge in [-0.25, -0.2) is 4.39 Å². The summed E-state index contributed by atoms with van der Waals surface area (Å²) in [6.07, 6.45) is 1.64. The third-order valence-electron chi connectivity index (χ3n) is 2.81. The van der Waals surface area contributed by atoms with Gasteiger partial charge in [-0.3, -0.25) is 9.69 Å². The highest BCUT2D eigenvalue weighted by Crippen LogP contribution is 2.07. The Morgan fingerprint density at radius 2 is 2.11 bits per heavy atom. The number of hydrogen-bond acceptors (Lipinski definition) is 2. The van der Waals surface area contributed by atoms with E-state index in [4.69, 9.17) is 0 Å². The third-order valence-corrected chi connectivity index (χ3v) is 2.81. The van der Waals surface area contributed by atoms with Crippen molar-refractivity contribution in [3.8, 4) is 0 Å². The zero-order valence-corrected chi connectivity index (χ0v) is 10.8. The molecule has 4 heteroatoms. The fourth-order valence-electron chi connectivity index (χ4n) is 1.54. The molecule has 0 heterocycles. The van der Waals surface area contributed by atoms with Crippen LogP contribution in [0.15, 0.2) is 36.9 Å². The molecule has 0 unspecified atom stereocenters. The number of carbonyl (C=O) groups is 1. The largest absolute Gasteiger partial charge is 0.351 e. The summed E-state index contributed by atoms with van der Waals surface area (Å²) in [7, 11) is 1.86. The molecule has 98 valence electrons. The molecule has 18 heavy (non-hydrogen) atoms. The number of hydrogen-bond donors (Lipinski definition) is 1. The second kappa shape index (κ2) is 6.91. The minimum absolute atomic E-state index is 0.0421. The Labute approximate surface area is 107 Å². The molecule has 1 aromatic carbocycles. The van der Waals surface area contributed by atoms with E-state index in [1.54, 1.807) is 18.2 Å². The van der Waals surface area contributed by atoms with Gasteiger partial charge < -0.3 is 5.32 Å². The Kier molecular flexibility index (Phi) is 5.52. The predicted molar refractivity (Wildman–Crippen MR) is 70.5 cm³/mol. The van der Waals surface area contributed by atoms with Gasteiger partial charge in [-0.2, -0.15) is 0 Å². The van der Waals surface area contributed by atoms with Gasteiger partial charge in [-0.15, -0.1) is 6.58 Å². The first-order valence-corrected chi connectivity index (χ1v) is 5.88. The van der Waals surface area contributed by atoms with E-state index in [9.17, 15) is 9.18 Å². The maximum absolute atomic E-state index is 12.8. The summed E-state index contributed by atoms with van der Waals surface area (Å²) in [6.45, 7) is 6.45. The molecule has 0 bridgehead atoms. The molecular weight excluding hydrogens is 231 g/mol. The second-order valence-electron chi connectivity index (χ2n) is 4.25. The molecule has 1 amide bonds. The molecule has 1 atom stereocenters. The minimum atomic E-state index is -0.252. The lowest BCUT2D eigenvalue weighted by molar-refractivity contribution is -0.125. The molecular formula is C14H19FN2O. The van der Waals surface area contributed by atoms with Crippen LogP contribution in [-0.4, -0.2) is 30.4 Å². The van der Waals surface area contributed by atoms with Crippen LogP contribution in [0, 0.1) is 5.82 Å². The Hall–Kier alpha value is -1.68. The molecule has 1 aromatic rings. The van der Waals surface area contributed by atoms with Crippen LogP contribution in [0.1, 0.15) is 12.5 Å². The first-order valence-electron chi connectivity index (χ1n) is 5.88. The number of rotatable bonds is 6. The van der Waals surface area contributed by atoms with Crippen molar-refractivity contribution in [2.45, 2.75) is 19.5 Å². The van der Waals surface area contributed by atoms with Crippen LogP contribution >= 0.6 is 0 Å². The number of nitrogens with one attached hydrogen (secondary N) is 1. The molecule has 1 rings (SSSR count). The number of benzene rings is 1. The number of halogens is 1. The summed E-state index contributed by atoms with van der Waals surface area (Å²) in [5, 5.41) is 2.75. The molecule has 0 saturated heterocycles. The van der Waals surface area contributed by atoms with Gasteiger partial charge in [0.15, 0.2) is 0 Å². The third kappa shape index (κ3) is 4.30. The average molecular weight is 250 g/mol. The van der Waals surface area contributed by atoms with Crippen LogP contribution in [-0.2, 0) is 11.3 Å². The van der Waals surface area contributed by atoms with Gasteiger partial charge in [0.1, 0.15) is 5.82 Å². The number of amides is 1. The van der Waals surface area contributed by atoms with Crippen molar-refractivity contribution in [2.24, 2.45) is 0 Å². The summed E-state index contributed by atoms with van der Waals surface area (Å²) < 4.78 is 12.8. The zero-order valence-electron chi connectivity index (χ0n) is 10.8. The standard InChI is InChI=1S/C14H19FN2O/c1-4-9-16-14(18)11(2)17(3)10-12-5-7-13(15)8-6-12/h4-8,11H,1,9-10H2,2-3H3,(H,16,18)/t11-/m1/s1. The van der Waals surface area contributed by atoms with E-state index in [-0.39, 0.29) is 17.8 Å². The van der Waals surface area contributed by atoms with Gasteiger partial charge in [0, 0.05) is 13.1 Å². The van der Waals surface area contributed by atoms with Crippen LogP contribution in [0.3, 0.4) is 0 Å². The maximum Gasteiger partial charge on any atom is 0.237 e. The topological polar surface area (TPSA) is 32.3 Å². The van der Waals surface area contributed by atoms with Crippen LogP contribution in [0.25, 0.3) is 0 Å². The lowest BCUT2D eigenvalue weighted by Gasteiger charge is -2.23. The Morgan fingerprint density at radius 1 is 1.50 bits per heavy atom. The van der Waals surface area contributed by atoms with Crippen molar-refractivity contribution in [2.75, 3.05) is 13.6 Å². The lowest BCUT2D eigenvalue weighted by Crippen LogP contribution is -2.42. The van der Waals surface area contributed by atoms with Crippen LogP contribution in [0.2, 0.25) is 0 Å². The van der Waals surface area contributed by atoms with E-state index in [2.05, 4.69) is 11.9 Å². The molecule has 0 aliphatic rings. The highest BCUT2D eigenvalue weighted by atomic mass is 19.1. The van der Waals surface area contributed by atoms with Crippen molar-refractivity contribution in [3.05, 3.63) is 48.3 Å². The highest BCUT2D eigenvalue weighted by molar-refractivity contribution is 5.81. The van der Waals surface area contributed by atoms with Crippen molar-refractivity contribution >= 4 is 5.91 Å². The number of nitrogens with zero attached hydrogens (tertiary/aromatic N) is 1. The molecule has 0 radical (unpaired) electrons. The molecule has 3 nitrogen and oxygen atoms in total. The monoisotopic (exact) mass is 250 g/mol. The normalized spacial score (nSPS) is 12.2. The van der Waals surface area contributed by atoms with Crippen molar-refractivity contribution in [3.63, 3.8) is 0 Å². The SMILES string of the molecule is C=CCNC(=O)[C@@H](C)N(C)Cc1ccc(F)cc1. The molecule has 0 aliphatic carbocycles. The fraction of sp³-hybridized carbons (Fsp3) is 0.357. The van der Waals surface area contributed by atoms with Crippen molar-refractivity contribution < 1.29 is 9.18 Å². The van der Waals surface area contributed by atoms with E-state index >= 15 is 0 Å².